The zero-order chi connectivity index (χ0) is 12.6. The highest BCUT2D eigenvalue weighted by Gasteiger charge is 2.55. The Hall–Kier alpha value is -1.05. The van der Waals surface area contributed by atoms with E-state index in [4.69, 9.17) is 0 Å². The first kappa shape index (κ1) is 12.4. The number of rotatable bonds is 1. The maximum absolute atomic E-state index is 11.2. The molecular weight excluding hydrogens is 212 g/mol. The summed E-state index contributed by atoms with van der Waals surface area (Å²) in [6, 6.07) is 0. The number of hydrogen-bond donors (Lipinski definition) is 1. The Morgan fingerprint density at radius 2 is 2.12 bits per heavy atom. The van der Waals surface area contributed by atoms with Gasteiger partial charge >= 0.3 is 5.97 Å². The molecule has 0 saturated heterocycles. The average molecular weight is 234 g/mol. The van der Waals surface area contributed by atoms with E-state index in [-0.39, 0.29) is 0 Å². The summed E-state index contributed by atoms with van der Waals surface area (Å²) in [6.07, 6.45) is 8.13. The van der Waals surface area contributed by atoms with Gasteiger partial charge in [-0.3, -0.25) is 0 Å². The van der Waals surface area contributed by atoms with E-state index >= 15 is 0 Å². The Morgan fingerprint density at radius 1 is 1.41 bits per heavy atom. The van der Waals surface area contributed by atoms with E-state index in [9.17, 15) is 9.90 Å². The summed E-state index contributed by atoms with van der Waals surface area (Å²) >= 11 is 0. The van der Waals surface area contributed by atoms with Crippen LogP contribution in [-0.2, 0) is 4.79 Å². The van der Waals surface area contributed by atoms with Crippen molar-refractivity contribution in [1.29, 1.82) is 0 Å². The van der Waals surface area contributed by atoms with Gasteiger partial charge < -0.3 is 5.11 Å². The molecule has 2 nitrogen and oxygen atoms in total. The van der Waals surface area contributed by atoms with E-state index in [1.807, 2.05) is 6.08 Å². The van der Waals surface area contributed by atoms with Gasteiger partial charge in [0.15, 0.2) is 0 Å². The summed E-state index contributed by atoms with van der Waals surface area (Å²) < 4.78 is 0. The summed E-state index contributed by atoms with van der Waals surface area (Å²) in [7, 11) is 0. The number of carbonyl (C=O) groups is 1. The number of carboxylic acids is 1. The molecule has 1 fully saturated rings. The van der Waals surface area contributed by atoms with Crippen LogP contribution in [0.3, 0.4) is 0 Å². The molecule has 2 aliphatic rings. The zero-order valence-corrected chi connectivity index (χ0v) is 11.0. The predicted molar refractivity (Wildman–Crippen MR) is 68.7 cm³/mol. The third-order valence-electron chi connectivity index (χ3n) is 4.55. The Bertz CT molecular complexity index is 388. The lowest BCUT2D eigenvalue weighted by atomic mass is 10.0. The standard InChI is InChI=1S/C15H22O2/c1-10-5-4-6-11(14(16)17)9-13-12(8-7-10)15(13,2)3/h5,9,12-13H,4,6-8H2,1-3H3,(H,16,17)/b10-5-,11-9+/t12-,13+/m0/s1. The lowest BCUT2D eigenvalue weighted by Gasteiger charge is -2.05. The van der Waals surface area contributed by atoms with Crippen LogP contribution in [0, 0.1) is 17.3 Å². The Kier molecular flexibility index (Phi) is 3.15. The fourth-order valence-corrected chi connectivity index (χ4v) is 3.11. The summed E-state index contributed by atoms with van der Waals surface area (Å²) in [5, 5.41) is 9.20. The minimum absolute atomic E-state index is 0.297. The van der Waals surface area contributed by atoms with Gasteiger partial charge in [-0.25, -0.2) is 4.79 Å². The number of aliphatic carboxylic acids is 1. The summed E-state index contributed by atoms with van der Waals surface area (Å²) in [5.74, 6) is 0.399. The van der Waals surface area contributed by atoms with Crippen molar-refractivity contribution in [2.75, 3.05) is 0 Å². The average Bonchev–Trinajstić information content (AvgIpc) is 2.76. The second-order valence-electron chi connectivity index (χ2n) is 6.08. The van der Waals surface area contributed by atoms with Gasteiger partial charge in [-0.1, -0.05) is 31.6 Å². The Balaban J connectivity index is 2.22. The van der Waals surface area contributed by atoms with Crippen molar-refractivity contribution in [3.05, 3.63) is 23.3 Å². The van der Waals surface area contributed by atoms with Crippen molar-refractivity contribution in [2.45, 2.75) is 46.5 Å². The van der Waals surface area contributed by atoms with Crippen molar-refractivity contribution < 1.29 is 9.90 Å². The van der Waals surface area contributed by atoms with E-state index in [1.54, 1.807) is 0 Å². The summed E-state index contributed by atoms with van der Waals surface area (Å²) in [5.41, 5.74) is 2.32. The van der Waals surface area contributed by atoms with Gasteiger partial charge in [-0.15, -0.1) is 0 Å². The largest absolute Gasteiger partial charge is 0.478 e. The van der Waals surface area contributed by atoms with Crippen LogP contribution in [0.15, 0.2) is 23.3 Å². The minimum atomic E-state index is -0.738. The first-order valence-electron chi connectivity index (χ1n) is 6.52. The number of fused-ring (bicyclic) bond motifs is 1. The topological polar surface area (TPSA) is 37.3 Å². The van der Waals surface area contributed by atoms with Crippen LogP contribution in [-0.4, -0.2) is 11.1 Å². The molecule has 2 atom stereocenters. The normalized spacial score (nSPS) is 38.1. The van der Waals surface area contributed by atoms with Crippen LogP contribution < -0.4 is 0 Å². The second-order valence-corrected chi connectivity index (χ2v) is 6.08. The molecular formula is C15H22O2. The van der Waals surface area contributed by atoms with E-state index in [1.165, 1.54) is 18.4 Å². The molecule has 1 N–H and O–H groups in total. The van der Waals surface area contributed by atoms with Crippen molar-refractivity contribution >= 4 is 5.97 Å². The van der Waals surface area contributed by atoms with Crippen LogP contribution in [0.4, 0.5) is 0 Å². The van der Waals surface area contributed by atoms with Gasteiger partial charge in [0.1, 0.15) is 0 Å². The molecule has 2 rings (SSSR count). The molecule has 2 aliphatic carbocycles. The van der Waals surface area contributed by atoms with E-state index < -0.39 is 5.97 Å². The quantitative estimate of drug-likeness (QED) is 0.701. The maximum Gasteiger partial charge on any atom is 0.331 e. The first-order chi connectivity index (χ1) is 7.93. The Morgan fingerprint density at radius 3 is 2.76 bits per heavy atom. The van der Waals surface area contributed by atoms with E-state index in [0.717, 1.165) is 6.42 Å². The lowest BCUT2D eigenvalue weighted by molar-refractivity contribution is -0.132. The van der Waals surface area contributed by atoms with Crippen molar-refractivity contribution in [3.63, 3.8) is 0 Å². The van der Waals surface area contributed by atoms with Gasteiger partial charge in [0, 0.05) is 5.57 Å². The van der Waals surface area contributed by atoms with Gasteiger partial charge in [-0.2, -0.15) is 0 Å². The highest BCUT2D eigenvalue weighted by Crippen LogP contribution is 2.61. The van der Waals surface area contributed by atoms with Gasteiger partial charge in [0.2, 0.25) is 0 Å². The summed E-state index contributed by atoms with van der Waals surface area (Å²) in [4.78, 5) is 11.2. The van der Waals surface area contributed by atoms with E-state index in [2.05, 4.69) is 26.8 Å². The van der Waals surface area contributed by atoms with Gasteiger partial charge in [0.05, 0.1) is 0 Å². The first-order valence-corrected chi connectivity index (χ1v) is 6.52. The third kappa shape index (κ3) is 2.46. The number of hydrogen-bond acceptors (Lipinski definition) is 1. The molecule has 0 unspecified atom stereocenters. The highest BCUT2D eigenvalue weighted by molar-refractivity contribution is 5.86. The van der Waals surface area contributed by atoms with Crippen LogP contribution in [0.5, 0.6) is 0 Å². The minimum Gasteiger partial charge on any atom is -0.478 e. The molecule has 0 spiro atoms. The monoisotopic (exact) mass is 234 g/mol. The number of allylic oxidation sites excluding steroid dienone is 3. The fourth-order valence-electron chi connectivity index (χ4n) is 3.11. The molecule has 0 amide bonds. The third-order valence-corrected chi connectivity index (χ3v) is 4.55. The molecule has 94 valence electrons. The van der Waals surface area contributed by atoms with Crippen LogP contribution in [0.2, 0.25) is 0 Å². The van der Waals surface area contributed by atoms with Crippen LogP contribution in [0.1, 0.15) is 46.5 Å². The molecule has 0 aromatic carbocycles. The van der Waals surface area contributed by atoms with Gasteiger partial charge in [-0.05, 0) is 49.9 Å². The maximum atomic E-state index is 11.2. The van der Waals surface area contributed by atoms with Crippen molar-refractivity contribution in [1.82, 2.24) is 0 Å². The van der Waals surface area contributed by atoms with Gasteiger partial charge in [0.25, 0.3) is 0 Å². The predicted octanol–water partition coefficient (Wildman–Crippen LogP) is 3.79. The zero-order valence-electron chi connectivity index (χ0n) is 11.0. The molecule has 0 aromatic rings. The summed E-state index contributed by atoms with van der Waals surface area (Å²) in [6.45, 7) is 6.68. The molecule has 0 aromatic heterocycles. The molecule has 2 heteroatoms. The molecule has 1 saturated carbocycles. The van der Waals surface area contributed by atoms with Crippen LogP contribution in [0.25, 0.3) is 0 Å². The van der Waals surface area contributed by atoms with Crippen molar-refractivity contribution in [2.24, 2.45) is 17.3 Å². The molecule has 0 heterocycles. The Labute approximate surface area is 103 Å². The molecule has 0 aliphatic heterocycles. The van der Waals surface area contributed by atoms with Crippen molar-refractivity contribution in [3.8, 4) is 0 Å². The van der Waals surface area contributed by atoms with Crippen LogP contribution >= 0.6 is 0 Å². The molecule has 0 bridgehead atoms. The molecule has 0 radical (unpaired) electrons. The fraction of sp³-hybridized carbons (Fsp3) is 0.667. The smallest absolute Gasteiger partial charge is 0.331 e. The lowest BCUT2D eigenvalue weighted by Crippen LogP contribution is -2.02. The van der Waals surface area contributed by atoms with E-state index in [0.29, 0.717) is 29.2 Å². The SMILES string of the molecule is C/C1=C/CC/C(C(=O)O)=C\[C@@H]2[C@H](CC1)C2(C)C. The highest BCUT2D eigenvalue weighted by atomic mass is 16.4. The second kappa shape index (κ2) is 4.32. The molecule has 17 heavy (non-hydrogen) atoms. The number of carboxylic acid groups (broad SMARTS) is 1.